The summed E-state index contributed by atoms with van der Waals surface area (Å²) in [7, 11) is 0. The Morgan fingerprint density at radius 2 is 1.95 bits per heavy atom. The third kappa shape index (κ3) is 4.15. The normalized spacial score (nSPS) is 10.5. The van der Waals surface area contributed by atoms with Crippen LogP contribution in [0.5, 0.6) is 5.75 Å². The Balaban J connectivity index is 2.03. The molecule has 3 heteroatoms. The van der Waals surface area contributed by atoms with Gasteiger partial charge in [0.1, 0.15) is 5.75 Å². The Labute approximate surface area is 132 Å². The van der Waals surface area contributed by atoms with Gasteiger partial charge in [0.25, 0.3) is 0 Å². The van der Waals surface area contributed by atoms with Crippen LogP contribution in [0.3, 0.4) is 0 Å². The maximum absolute atomic E-state index is 6.25. The number of rotatable bonds is 6. The highest BCUT2D eigenvalue weighted by atomic mass is 35.5. The van der Waals surface area contributed by atoms with Crippen molar-refractivity contribution in [3.8, 4) is 5.75 Å². The van der Waals surface area contributed by atoms with E-state index in [1.165, 1.54) is 11.1 Å². The first-order valence-electron chi connectivity index (χ1n) is 7.33. The van der Waals surface area contributed by atoms with Crippen molar-refractivity contribution < 1.29 is 4.74 Å². The minimum Gasteiger partial charge on any atom is -0.492 e. The van der Waals surface area contributed by atoms with Crippen molar-refractivity contribution in [2.24, 2.45) is 0 Å². The molecule has 0 aliphatic carbocycles. The summed E-state index contributed by atoms with van der Waals surface area (Å²) >= 11 is 6.25. The molecule has 2 nitrogen and oxygen atoms in total. The minimum atomic E-state index is 0.670. The molecule has 1 N–H and O–H groups in total. The van der Waals surface area contributed by atoms with E-state index in [-0.39, 0.29) is 0 Å². The van der Waals surface area contributed by atoms with Crippen LogP contribution in [-0.4, -0.2) is 6.61 Å². The summed E-state index contributed by atoms with van der Waals surface area (Å²) < 4.78 is 5.59. The molecule has 0 heterocycles. The first-order chi connectivity index (χ1) is 10.1. The molecule has 0 aliphatic heterocycles. The lowest BCUT2D eigenvalue weighted by Gasteiger charge is -2.13. The first kappa shape index (κ1) is 15.7. The third-order valence-electron chi connectivity index (χ3n) is 3.55. The van der Waals surface area contributed by atoms with E-state index in [2.05, 4.69) is 50.4 Å². The zero-order valence-electron chi connectivity index (χ0n) is 12.9. The second-order valence-electron chi connectivity index (χ2n) is 5.21. The van der Waals surface area contributed by atoms with Crippen LogP contribution in [0.15, 0.2) is 36.4 Å². The van der Waals surface area contributed by atoms with E-state index in [1.54, 1.807) is 0 Å². The van der Waals surface area contributed by atoms with E-state index in [1.807, 2.05) is 12.1 Å². The van der Waals surface area contributed by atoms with Crippen LogP contribution in [0.1, 0.15) is 30.0 Å². The van der Waals surface area contributed by atoms with E-state index in [0.29, 0.717) is 11.6 Å². The van der Waals surface area contributed by atoms with Gasteiger partial charge in [0.15, 0.2) is 0 Å². The van der Waals surface area contributed by atoms with Crippen molar-refractivity contribution in [3.05, 3.63) is 58.1 Å². The molecule has 2 rings (SSSR count). The van der Waals surface area contributed by atoms with Gasteiger partial charge in [0, 0.05) is 12.2 Å². The molecule has 2 aromatic rings. The Morgan fingerprint density at radius 1 is 1.14 bits per heavy atom. The monoisotopic (exact) mass is 303 g/mol. The van der Waals surface area contributed by atoms with Crippen molar-refractivity contribution in [1.82, 2.24) is 0 Å². The quantitative estimate of drug-likeness (QED) is 0.776. The lowest BCUT2D eigenvalue weighted by molar-refractivity contribution is 0.317. The van der Waals surface area contributed by atoms with Gasteiger partial charge >= 0.3 is 0 Å². The number of nitrogens with one attached hydrogen (secondary N) is 1. The number of hydrogen-bond donors (Lipinski definition) is 1. The predicted molar refractivity (Wildman–Crippen MR) is 90.5 cm³/mol. The van der Waals surface area contributed by atoms with E-state index in [0.717, 1.165) is 30.0 Å². The molecule has 0 bridgehead atoms. The average Bonchev–Trinajstić information content (AvgIpc) is 2.48. The predicted octanol–water partition coefficient (Wildman–Crippen LogP) is 5.36. The second kappa shape index (κ2) is 7.37. The molecule has 112 valence electrons. The summed E-state index contributed by atoms with van der Waals surface area (Å²) in [5.74, 6) is 0.758. The number of anilines is 1. The summed E-state index contributed by atoms with van der Waals surface area (Å²) in [5, 5.41) is 4.13. The van der Waals surface area contributed by atoms with Gasteiger partial charge in [-0.1, -0.05) is 36.7 Å². The second-order valence-corrected chi connectivity index (χ2v) is 5.62. The number of aryl methyl sites for hydroxylation is 1. The summed E-state index contributed by atoms with van der Waals surface area (Å²) in [5.41, 5.74) is 4.88. The van der Waals surface area contributed by atoms with E-state index < -0.39 is 0 Å². The zero-order chi connectivity index (χ0) is 15.2. The minimum absolute atomic E-state index is 0.670. The van der Waals surface area contributed by atoms with Crippen LogP contribution >= 0.6 is 11.6 Å². The van der Waals surface area contributed by atoms with Crippen molar-refractivity contribution in [3.63, 3.8) is 0 Å². The fraction of sp³-hybridized carbons (Fsp3) is 0.333. The van der Waals surface area contributed by atoms with Crippen LogP contribution in [0, 0.1) is 13.8 Å². The van der Waals surface area contributed by atoms with Crippen LogP contribution < -0.4 is 10.1 Å². The van der Waals surface area contributed by atoms with Gasteiger partial charge in [-0.3, -0.25) is 0 Å². The van der Waals surface area contributed by atoms with Gasteiger partial charge < -0.3 is 10.1 Å². The Hall–Kier alpha value is -1.67. The largest absolute Gasteiger partial charge is 0.492 e. The highest BCUT2D eigenvalue weighted by molar-refractivity contribution is 6.32. The highest BCUT2D eigenvalue weighted by Crippen LogP contribution is 2.26. The number of halogens is 1. The van der Waals surface area contributed by atoms with E-state index >= 15 is 0 Å². The maximum atomic E-state index is 6.25. The highest BCUT2D eigenvalue weighted by Gasteiger charge is 2.04. The van der Waals surface area contributed by atoms with Crippen LogP contribution in [0.2, 0.25) is 5.02 Å². The van der Waals surface area contributed by atoms with Gasteiger partial charge in [-0.2, -0.15) is 0 Å². The molecule has 0 atom stereocenters. The van der Waals surface area contributed by atoms with Gasteiger partial charge in [0.05, 0.1) is 11.6 Å². The topological polar surface area (TPSA) is 21.3 Å². The van der Waals surface area contributed by atoms with Crippen LogP contribution in [0.25, 0.3) is 0 Å². The van der Waals surface area contributed by atoms with Crippen LogP contribution in [0.4, 0.5) is 5.69 Å². The smallest absolute Gasteiger partial charge is 0.137 e. The number of ether oxygens (including phenoxy) is 1. The fourth-order valence-electron chi connectivity index (χ4n) is 2.12. The molecular formula is C18H22ClNO. The molecule has 0 spiro atoms. The SMILES string of the molecule is CCCOc1ccc(CNc2cccc(C)c2C)cc1Cl. The Kier molecular flexibility index (Phi) is 5.51. The van der Waals surface area contributed by atoms with Gasteiger partial charge in [-0.25, -0.2) is 0 Å². The van der Waals surface area contributed by atoms with Crippen molar-refractivity contribution in [2.45, 2.75) is 33.7 Å². The molecule has 0 aliphatic rings. The summed E-state index contributed by atoms with van der Waals surface area (Å²) in [6.45, 7) is 7.78. The summed E-state index contributed by atoms with van der Waals surface area (Å²) in [6.07, 6.45) is 0.978. The molecule has 0 saturated carbocycles. The summed E-state index contributed by atoms with van der Waals surface area (Å²) in [6, 6.07) is 12.2. The van der Waals surface area contributed by atoms with E-state index in [9.17, 15) is 0 Å². The number of hydrogen-bond acceptors (Lipinski definition) is 2. The van der Waals surface area contributed by atoms with Gasteiger partial charge in [-0.15, -0.1) is 0 Å². The molecule has 21 heavy (non-hydrogen) atoms. The van der Waals surface area contributed by atoms with Crippen molar-refractivity contribution in [1.29, 1.82) is 0 Å². The van der Waals surface area contributed by atoms with Gasteiger partial charge in [-0.05, 0) is 55.2 Å². The fourth-order valence-corrected chi connectivity index (χ4v) is 2.38. The van der Waals surface area contributed by atoms with Crippen molar-refractivity contribution in [2.75, 3.05) is 11.9 Å². The lowest BCUT2D eigenvalue weighted by atomic mass is 10.1. The van der Waals surface area contributed by atoms with E-state index in [4.69, 9.17) is 16.3 Å². The molecule has 0 amide bonds. The number of benzene rings is 2. The maximum Gasteiger partial charge on any atom is 0.137 e. The molecular weight excluding hydrogens is 282 g/mol. The van der Waals surface area contributed by atoms with Crippen molar-refractivity contribution >= 4 is 17.3 Å². The van der Waals surface area contributed by atoms with Gasteiger partial charge in [0.2, 0.25) is 0 Å². The molecule has 2 aromatic carbocycles. The third-order valence-corrected chi connectivity index (χ3v) is 3.84. The molecule has 0 radical (unpaired) electrons. The molecule has 0 aromatic heterocycles. The average molecular weight is 304 g/mol. The first-order valence-corrected chi connectivity index (χ1v) is 7.71. The Bertz CT molecular complexity index is 610. The standard InChI is InChI=1S/C18H22ClNO/c1-4-10-21-18-9-8-15(11-16(18)19)12-20-17-7-5-6-13(2)14(17)3/h5-9,11,20H,4,10,12H2,1-3H3. The molecule has 0 unspecified atom stereocenters. The zero-order valence-corrected chi connectivity index (χ0v) is 13.6. The Morgan fingerprint density at radius 3 is 2.67 bits per heavy atom. The summed E-state index contributed by atoms with van der Waals surface area (Å²) in [4.78, 5) is 0. The molecule has 0 saturated heterocycles. The molecule has 0 fully saturated rings. The lowest BCUT2D eigenvalue weighted by Crippen LogP contribution is -2.02. The van der Waals surface area contributed by atoms with Crippen LogP contribution in [-0.2, 0) is 6.54 Å².